The van der Waals surface area contributed by atoms with Gasteiger partial charge in [-0.1, -0.05) is 0 Å². The van der Waals surface area contributed by atoms with Gasteiger partial charge in [0, 0.05) is 25.7 Å². The fraction of sp³-hybridized carbons (Fsp3) is 0. The van der Waals surface area contributed by atoms with Crippen molar-refractivity contribution in [2.75, 3.05) is 0 Å². The Morgan fingerprint density at radius 2 is 1.40 bits per heavy atom. The van der Waals surface area contributed by atoms with Crippen LogP contribution in [0.4, 0.5) is 0 Å². The average Bonchev–Trinajstić information content (AvgIpc) is 0.811. The number of hydrogen-bond acceptors (Lipinski definition) is 3. The summed E-state index contributed by atoms with van der Waals surface area (Å²) in [4.78, 5) is 0. The molecule has 0 aromatic heterocycles. The standard InChI is InChI=1S/ClHO3.Pt/c2-1(3)4;/h2H;. The zero-order valence-corrected chi connectivity index (χ0v) is 4.99. The van der Waals surface area contributed by atoms with E-state index in [0.29, 0.717) is 0 Å². The summed E-state index contributed by atoms with van der Waals surface area (Å²) in [6, 6.07) is 0. The smallest absolute Gasteiger partial charge is 0.282 e. The molecule has 0 aromatic rings. The van der Waals surface area contributed by atoms with Crippen LogP contribution in [0.3, 0.4) is 0 Å². The van der Waals surface area contributed by atoms with Crippen molar-refractivity contribution in [3.05, 3.63) is 0 Å². The molecule has 0 bridgehead atoms. The second-order valence-corrected chi connectivity index (χ2v) is 0.603. The predicted octanol–water partition coefficient (Wildman–Crippen LogP) is -2.94. The second-order valence-electron chi connectivity index (χ2n) is 0.201. The van der Waals surface area contributed by atoms with Crippen molar-refractivity contribution in [3.8, 4) is 0 Å². The molecule has 0 atom stereocenters. The molecule has 36 valence electrons. The molecule has 0 heterocycles. The van der Waals surface area contributed by atoms with Gasteiger partial charge in [-0.05, 0) is 0 Å². The quantitative estimate of drug-likeness (QED) is 0.516. The Morgan fingerprint density at radius 3 is 1.40 bits per heavy atom. The molecule has 0 aromatic carbocycles. The van der Waals surface area contributed by atoms with E-state index < -0.39 is 10.8 Å². The predicted molar refractivity (Wildman–Crippen MR) is 2.22 cm³/mol. The van der Waals surface area contributed by atoms with Crippen LogP contribution in [0.25, 0.3) is 0 Å². The molecule has 0 aliphatic heterocycles. The van der Waals surface area contributed by atoms with Crippen molar-refractivity contribution in [1.29, 1.82) is 0 Å². The Labute approximate surface area is 46.3 Å². The molecule has 5 heteroatoms. The van der Waals surface area contributed by atoms with Crippen molar-refractivity contribution in [2.45, 2.75) is 0 Å². The van der Waals surface area contributed by atoms with Gasteiger partial charge in [0.15, 0.2) is 0 Å². The summed E-state index contributed by atoms with van der Waals surface area (Å²) in [7, 11) is -2.60. The van der Waals surface area contributed by atoms with E-state index in [-0.39, 0.29) is 21.1 Å². The fourth-order valence-electron chi connectivity index (χ4n) is 0. The molecule has 3 nitrogen and oxygen atoms in total. The van der Waals surface area contributed by atoms with Crippen LogP contribution in [-0.4, -0.2) is 4.66 Å². The van der Waals surface area contributed by atoms with E-state index in [2.05, 4.69) is 0 Å². The molecule has 0 fully saturated rings. The van der Waals surface area contributed by atoms with Gasteiger partial charge < -0.3 is 9.32 Å². The maximum absolute atomic E-state index is 8.52. The molecule has 0 aliphatic rings. The largest absolute Gasteiger partial charge is 0.321 e. The van der Waals surface area contributed by atoms with Crippen LogP contribution in [0, 0.1) is 10.8 Å². The summed E-state index contributed by atoms with van der Waals surface area (Å²) >= 11 is 0. The van der Waals surface area contributed by atoms with Gasteiger partial charge in [0.1, 0.15) is 0 Å². The molecule has 0 aliphatic carbocycles. The minimum absolute atomic E-state index is 0. The maximum Gasteiger partial charge on any atom is 0.282 e. The third kappa shape index (κ3) is 53.9. The first-order valence-corrected chi connectivity index (χ1v) is 1.43. The van der Waals surface area contributed by atoms with Crippen molar-refractivity contribution in [3.63, 3.8) is 0 Å². The first-order valence-electron chi connectivity index (χ1n) is 0.478. The van der Waals surface area contributed by atoms with Crippen LogP contribution in [-0.2, 0) is 21.1 Å². The van der Waals surface area contributed by atoms with Crippen LogP contribution in [0.1, 0.15) is 0 Å². The second kappa shape index (κ2) is 4.86. The Hall–Kier alpha value is 0.858. The monoisotopic (exact) mass is 279 g/mol. The Bertz CT molecular complexity index is 11.6. The summed E-state index contributed by atoms with van der Waals surface area (Å²) in [6.07, 6.45) is 0. The molecule has 1 N–H and O–H groups in total. The van der Waals surface area contributed by atoms with Crippen LogP contribution in [0.5, 0.6) is 0 Å². The minimum atomic E-state index is -2.60. The minimum Gasteiger partial charge on any atom is -0.321 e. The molecule has 0 amide bonds. The summed E-state index contributed by atoms with van der Waals surface area (Å²) in [6.45, 7) is 0. The van der Waals surface area contributed by atoms with E-state index in [1.54, 1.807) is 0 Å². The number of halogens is 1. The Morgan fingerprint density at radius 1 is 1.40 bits per heavy atom. The Balaban J connectivity index is 0. The van der Waals surface area contributed by atoms with Gasteiger partial charge in [0.05, 0.1) is 0 Å². The van der Waals surface area contributed by atoms with Crippen LogP contribution in [0.15, 0.2) is 0 Å². The number of rotatable bonds is 0. The van der Waals surface area contributed by atoms with E-state index in [9.17, 15) is 0 Å². The van der Waals surface area contributed by atoms with Crippen LogP contribution >= 0.6 is 0 Å². The molecule has 0 radical (unpaired) electrons. The summed E-state index contributed by atoms with van der Waals surface area (Å²) in [5, 5.41) is 0. The van der Waals surface area contributed by atoms with E-state index in [0.717, 1.165) is 0 Å². The zero-order valence-electron chi connectivity index (χ0n) is 1.96. The fourth-order valence-corrected chi connectivity index (χ4v) is 0. The van der Waals surface area contributed by atoms with E-state index in [1.807, 2.05) is 0 Å². The van der Waals surface area contributed by atoms with Crippen molar-refractivity contribution < 1.29 is 45.8 Å². The molecule has 0 spiro atoms. The molecule has 0 unspecified atom stereocenters. The molecule has 0 saturated heterocycles. The first kappa shape index (κ1) is 9.29. The van der Waals surface area contributed by atoms with Crippen molar-refractivity contribution in [2.24, 2.45) is 0 Å². The van der Waals surface area contributed by atoms with E-state index in [1.165, 1.54) is 0 Å². The van der Waals surface area contributed by atoms with E-state index in [4.69, 9.17) is 14.0 Å². The Kier molecular flexibility index (Phi) is 9.03. The molecule has 0 rings (SSSR count). The van der Waals surface area contributed by atoms with Crippen LogP contribution < -0.4 is 9.32 Å². The summed E-state index contributed by atoms with van der Waals surface area (Å²) in [5.41, 5.74) is 0. The molecule has 5 heavy (non-hydrogen) atoms. The van der Waals surface area contributed by atoms with Crippen molar-refractivity contribution in [1.82, 2.24) is 0 Å². The average molecular weight is 280 g/mol. The van der Waals surface area contributed by atoms with Gasteiger partial charge in [-0.3, -0.25) is 0 Å². The molecular formula is HClO3Pt. The van der Waals surface area contributed by atoms with Gasteiger partial charge in [-0.2, -0.15) is 0 Å². The first-order chi connectivity index (χ1) is 1.73. The van der Waals surface area contributed by atoms with Crippen molar-refractivity contribution >= 4 is 0 Å². The normalized spacial score (nSPS) is 7.20. The molecule has 0 saturated carbocycles. The SMILES string of the molecule is [O-][Cl+2]([O-])O.[Pt]. The third-order valence-corrected chi connectivity index (χ3v) is 0. The van der Waals surface area contributed by atoms with Gasteiger partial charge in [0.25, 0.3) is 10.8 Å². The topological polar surface area (TPSA) is 66.3 Å². The van der Waals surface area contributed by atoms with Gasteiger partial charge in [0.2, 0.25) is 0 Å². The van der Waals surface area contributed by atoms with E-state index >= 15 is 0 Å². The van der Waals surface area contributed by atoms with Gasteiger partial charge in [-0.15, -0.1) is 0 Å². The zero-order chi connectivity index (χ0) is 3.58. The number of hydrogen-bond donors (Lipinski definition) is 1. The van der Waals surface area contributed by atoms with Gasteiger partial charge in [-0.25, -0.2) is 0 Å². The van der Waals surface area contributed by atoms with Crippen LogP contribution in [0.2, 0.25) is 0 Å². The summed E-state index contributed by atoms with van der Waals surface area (Å²) < 4.78 is 24.0. The summed E-state index contributed by atoms with van der Waals surface area (Å²) in [5.74, 6) is 0. The third-order valence-electron chi connectivity index (χ3n) is 0. The maximum atomic E-state index is 8.52. The molecular weight excluding hydrogens is 279 g/mol. The van der Waals surface area contributed by atoms with Gasteiger partial charge >= 0.3 is 0 Å².